The quantitative estimate of drug-likeness (QED) is 0.765. The predicted octanol–water partition coefficient (Wildman–Crippen LogP) is 2.11. The van der Waals surface area contributed by atoms with E-state index >= 15 is 0 Å². The molecule has 0 aliphatic heterocycles. The monoisotopic (exact) mass is 204 g/mol. The third-order valence-electron chi connectivity index (χ3n) is 1.70. The van der Waals surface area contributed by atoms with E-state index in [4.69, 9.17) is 16.3 Å². The van der Waals surface area contributed by atoms with E-state index in [0.29, 0.717) is 11.3 Å². The van der Waals surface area contributed by atoms with Gasteiger partial charge in [0.2, 0.25) is 0 Å². The predicted molar refractivity (Wildman–Crippen MR) is 48.6 cm³/mol. The molecule has 0 aliphatic carbocycles. The lowest BCUT2D eigenvalue weighted by molar-refractivity contribution is 0.197. The highest BCUT2D eigenvalue weighted by Gasteiger charge is 2.12. The number of hydrogen-bond acceptors (Lipinski definition) is 2. The summed E-state index contributed by atoms with van der Waals surface area (Å²) in [6.07, 6.45) is -0.822. The van der Waals surface area contributed by atoms with Gasteiger partial charge in [-0.2, -0.15) is 0 Å². The molecule has 1 rings (SSSR count). The van der Waals surface area contributed by atoms with E-state index in [1.807, 2.05) is 0 Å². The maximum Gasteiger partial charge on any atom is 0.127 e. The summed E-state index contributed by atoms with van der Waals surface area (Å²) < 4.78 is 17.6. The fraction of sp³-hybridized carbons (Fsp3) is 0.333. The molecule has 2 nitrogen and oxygen atoms in total. The zero-order valence-electron chi connectivity index (χ0n) is 7.13. The van der Waals surface area contributed by atoms with Crippen LogP contribution < -0.4 is 4.74 Å². The van der Waals surface area contributed by atoms with Gasteiger partial charge in [-0.1, -0.05) is 0 Å². The lowest BCUT2D eigenvalue weighted by Crippen LogP contribution is -2.01. The van der Waals surface area contributed by atoms with Crippen LogP contribution in [0.2, 0.25) is 0 Å². The molecule has 1 aromatic carbocycles. The van der Waals surface area contributed by atoms with Crippen LogP contribution in [0.25, 0.3) is 0 Å². The van der Waals surface area contributed by atoms with Crippen molar-refractivity contribution >= 4 is 11.6 Å². The Labute approximate surface area is 80.9 Å². The van der Waals surface area contributed by atoms with E-state index in [1.165, 1.54) is 25.3 Å². The number of aliphatic hydroxyl groups excluding tert-OH is 1. The van der Waals surface area contributed by atoms with Gasteiger partial charge < -0.3 is 9.84 Å². The highest BCUT2D eigenvalue weighted by Crippen LogP contribution is 2.26. The summed E-state index contributed by atoms with van der Waals surface area (Å²) in [5, 5.41) is 9.40. The smallest absolute Gasteiger partial charge is 0.127 e. The molecule has 13 heavy (non-hydrogen) atoms. The molecule has 1 N–H and O–H groups in total. The van der Waals surface area contributed by atoms with Crippen LogP contribution in [0, 0.1) is 5.82 Å². The Morgan fingerprint density at radius 2 is 2.31 bits per heavy atom. The molecule has 0 aliphatic rings. The molecule has 4 heteroatoms. The van der Waals surface area contributed by atoms with Crippen LogP contribution in [0.4, 0.5) is 4.39 Å². The van der Waals surface area contributed by atoms with E-state index in [1.54, 1.807) is 0 Å². The molecule has 0 unspecified atom stereocenters. The number of alkyl halides is 1. The third-order valence-corrected chi connectivity index (χ3v) is 1.99. The van der Waals surface area contributed by atoms with Crippen molar-refractivity contribution in [3.05, 3.63) is 29.6 Å². The summed E-state index contributed by atoms with van der Waals surface area (Å²) >= 11 is 5.46. The number of halogens is 2. The number of methoxy groups -OCH3 is 1. The number of benzene rings is 1. The molecule has 0 aromatic heterocycles. The van der Waals surface area contributed by atoms with Gasteiger partial charge in [0.1, 0.15) is 11.6 Å². The Morgan fingerprint density at radius 1 is 1.62 bits per heavy atom. The number of rotatable bonds is 3. The first-order valence-corrected chi connectivity index (χ1v) is 4.30. The highest BCUT2D eigenvalue weighted by atomic mass is 35.5. The van der Waals surface area contributed by atoms with Crippen LogP contribution in [-0.2, 0) is 0 Å². The molecule has 0 spiro atoms. The van der Waals surface area contributed by atoms with Crippen molar-refractivity contribution in [3.8, 4) is 5.75 Å². The molecular formula is C9H10ClFO2. The van der Waals surface area contributed by atoms with Crippen molar-refractivity contribution in [1.29, 1.82) is 0 Å². The first-order valence-electron chi connectivity index (χ1n) is 3.76. The summed E-state index contributed by atoms with van der Waals surface area (Å²) in [6.45, 7) is 0. The lowest BCUT2D eigenvalue weighted by Gasteiger charge is -2.11. The van der Waals surface area contributed by atoms with E-state index in [0.717, 1.165) is 0 Å². The Bertz CT molecular complexity index is 291. The highest BCUT2D eigenvalue weighted by molar-refractivity contribution is 6.18. The van der Waals surface area contributed by atoms with E-state index in [9.17, 15) is 9.50 Å². The second kappa shape index (κ2) is 4.44. The molecule has 72 valence electrons. The van der Waals surface area contributed by atoms with E-state index in [-0.39, 0.29) is 5.88 Å². The molecule has 0 saturated carbocycles. The summed E-state index contributed by atoms with van der Waals surface area (Å²) in [4.78, 5) is 0. The zero-order valence-corrected chi connectivity index (χ0v) is 7.88. The van der Waals surface area contributed by atoms with Gasteiger partial charge in [0.15, 0.2) is 0 Å². The van der Waals surface area contributed by atoms with Gasteiger partial charge in [-0.25, -0.2) is 4.39 Å². The van der Waals surface area contributed by atoms with Crippen molar-refractivity contribution in [2.75, 3.05) is 13.0 Å². The Hall–Kier alpha value is -0.800. The second-order valence-electron chi connectivity index (χ2n) is 2.56. The van der Waals surface area contributed by atoms with Crippen LogP contribution in [0.3, 0.4) is 0 Å². The van der Waals surface area contributed by atoms with Crippen molar-refractivity contribution in [2.24, 2.45) is 0 Å². The van der Waals surface area contributed by atoms with E-state index < -0.39 is 11.9 Å². The van der Waals surface area contributed by atoms with Crippen LogP contribution in [-0.4, -0.2) is 18.1 Å². The largest absolute Gasteiger partial charge is 0.496 e. The fourth-order valence-corrected chi connectivity index (χ4v) is 1.21. The van der Waals surface area contributed by atoms with Gasteiger partial charge in [0, 0.05) is 11.6 Å². The van der Waals surface area contributed by atoms with Crippen molar-refractivity contribution < 1.29 is 14.2 Å². The van der Waals surface area contributed by atoms with Crippen LogP contribution in [0.15, 0.2) is 18.2 Å². The Balaban J connectivity index is 3.05. The topological polar surface area (TPSA) is 29.5 Å². The summed E-state index contributed by atoms with van der Waals surface area (Å²) in [6, 6.07) is 3.93. The average Bonchev–Trinajstić information content (AvgIpc) is 2.16. The minimum absolute atomic E-state index is 0.0575. The van der Waals surface area contributed by atoms with Gasteiger partial charge in [-0.3, -0.25) is 0 Å². The molecule has 0 heterocycles. The number of hydrogen-bond donors (Lipinski definition) is 1. The molecule has 0 amide bonds. The SMILES string of the molecule is COc1cc(F)ccc1[C@@H](O)CCl. The summed E-state index contributed by atoms with van der Waals surface area (Å²) in [5.74, 6) is -0.0299. The van der Waals surface area contributed by atoms with Crippen molar-refractivity contribution in [1.82, 2.24) is 0 Å². The maximum absolute atomic E-state index is 12.7. The van der Waals surface area contributed by atoms with Gasteiger partial charge in [-0.05, 0) is 12.1 Å². The van der Waals surface area contributed by atoms with Crippen LogP contribution in [0.5, 0.6) is 5.75 Å². The zero-order chi connectivity index (χ0) is 9.84. The fourth-order valence-electron chi connectivity index (χ4n) is 1.04. The van der Waals surface area contributed by atoms with Crippen molar-refractivity contribution in [2.45, 2.75) is 6.10 Å². The molecule has 0 bridgehead atoms. The second-order valence-corrected chi connectivity index (χ2v) is 2.86. The van der Waals surface area contributed by atoms with Crippen molar-refractivity contribution in [3.63, 3.8) is 0 Å². The standard InChI is InChI=1S/C9H10ClFO2/c1-13-9-4-6(11)2-3-7(9)8(12)5-10/h2-4,8,12H,5H2,1H3/t8-/m0/s1. The molecule has 1 aromatic rings. The Kier molecular flexibility index (Phi) is 3.51. The molecular weight excluding hydrogens is 195 g/mol. The molecule has 0 fully saturated rings. The lowest BCUT2D eigenvalue weighted by atomic mass is 10.1. The van der Waals surface area contributed by atoms with Gasteiger partial charge in [0.25, 0.3) is 0 Å². The minimum Gasteiger partial charge on any atom is -0.496 e. The molecule has 1 atom stereocenters. The van der Waals surface area contributed by atoms with Crippen LogP contribution in [0.1, 0.15) is 11.7 Å². The Morgan fingerprint density at radius 3 is 2.85 bits per heavy atom. The van der Waals surface area contributed by atoms with Gasteiger partial charge >= 0.3 is 0 Å². The van der Waals surface area contributed by atoms with E-state index in [2.05, 4.69) is 0 Å². The number of aliphatic hydroxyl groups is 1. The van der Waals surface area contributed by atoms with Gasteiger partial charge in [0.05, 0.1) is 19.1 Å². The normalized spacial score (nSPS) is 12.6. The summed E-state index contributed by atoms with van der Waals surface area (Å²) in [5.41, 5.74) is 0.499. The first-order chi connectivity index (χ1) is 6.19. The average molecular weight is 205 g/mol. The first kappa shape index (κ1) is 10.3. The third kappa shape index (κ3) is 2.32. The summed E-state index contributed by atoms with van der Waals surface area (Å²) in [7, 11) is 1.42. The minimum atomic E-state index is -0.822. The number of ether oxygens (including phenoxy) is 1. The molecule has 0 radical (unpaired) electrons. The maximum atomic E-state index is 12.7. The van der Waals surface area contributed by atoms with Crippen LogP contribution >= 0.6 is 11.6 Å². The van der Waals surface area contributed by atoms with Gasteiger partial charge in [-0.15, -0.1) is 11.6 Å². The molecule has 0 saturated heterocycles.